The third kappa shape index (κ3) is 5.36. The highest BCUT2D eigenvalue weighted by Crippen LogP contribution is 2.32. The highest BCUT2D eigenvalue weighted by atomic mass is 32.2. The zero-order valence-corrected chi connectivity index (χ0v) is 12.4. The van der Waals surface area contributed by atoms with Crippen molar-refractivity contribution in [3.63, 3.8) is 0 Å². The molecule has 1 aromatic carbocycles. The fourth-order valence-corrected chi connectivity index (χ4v) is 2.36. The van der Waals surface area contributed by atoms with Crippen LogP contribution in [0.3, 0.4) is 0 Å². The number of carbonyl (C=O) groups is 1. The number of halogens is 2. The summed E-state index contributed by atoms with van der Waals surface area (Å²) in [6.45, 7) is 3.99. The predicted octanol–water partition coefficient (Wildman–Crippen LogP) is 4.15. The topological polar surface area (TPSA) is 38.3 Å². The maximum absolute atomic E-state index is 12.5. The van der Waals surface area contributed by atoms with E-state index >= 15 is 0 Å². The second kappa shape index (κ2) is 8.79. The molecule has 0 aliphatic rings. The summed E-state index contributed by atoms with van der Waals surface area (Å²) in [7, 11) is 0. The van der Waals surface area contributed by atoms with E-state index in [0.29, 0.717) is 35.4 Å². The molecule has 112 valence electrons. The van der Waals surface area contributed by atoms with Gasteiger partial charge in [0.05, 0.1) is 6.61 Å². The molecule has 0 amide bonds. The van der Waals surface area contributed by atoms with Crippen LogP contribution in [-0.4, -0.2) is 24.4 Å². The SMILES string of the molecule is CCCC(Nc1ccccc1SC(F)F)C(=O)OCC. The number of thioether (sulfide) groups is 1. The second-order valence-electron chi connectivity index (χ2n) is 4.11. The monoisotopic (exact) mass is 303 g/mol. The van der Waals surface area contributed by atoms with Crippen molar-refractivity contribution >= 4 is 23.4 Å². The molecule has 0 saturated carbocycles. The first-order valence-corrected chi connectivity index (χ1v) is 7.43. The number of para-hydroxylation sites is 1. The number of carbonyl (C=O) groups excluding carboxylic acids is 1. The number of rotatable bonds is 8. The second-order valence-corrected chi connectivity index (χ2v) is 5.14. The number of alkyl halides is 2. The van der Waals surface area contributed by atoms with E-state index in [1.165, 1.54) is 0 Å². The normalized spacial score (nSPS) is 12.2. The Morgan fingerprint density at radius 1 is 1.35 bits per heavy atom. The van der Waals surface area contributed by atoms with Crippen molar-refractivity contribution in [2.75, 3.05) is 11.9 Å². The minimum absolute atomic E-state index is 0.300. The lowest BCUT2D eigenvalue weighted by molar-refractivity contribution is -0.144. The van der Waals surface area contributed by atoms with Gasteiger partial charge in [-0.1, -0.05) is 37.2 Å². The number of hydrogen-bond donors (Lipinski definition) is 1. The molecule has 0 saturated heterocycles. The lowest BCUT2D eigenvalue weighted by Gasteiger charge is -2.19. The molecule has 6 heteroatoms. The first kappa shape index (κ1) is 16.8. The minimum atomic E-state index is -2.50. The molecule has 0 aromatic heterocycles. The zero-order valence-electron chi connectivity index (χ0n) is 11.6. The quantitative estimate of drug-likeness (QED) is 0.578. The van der Waals surface area contributed by atoms with E-state index in [4.69, 9.17) is 4.74 Å². The van der Waals surface area contributed by atoms with Gasteiger partial charge in [-0.15, -0.1) is 0 Å². The van der Waals surface area contributed by atoms with Gasteiger partial charge in [0.25, 0.3) is 5.76 Å². The number of ether oxygens (including phenoxy) is 1. The van der Waals surface area contributed by atoms with Crippen LogP contribution in [0.4, 0.5) is 14.5 Å². The lowest BCUT2D eigenvalue weighted by Crippen LogP contribution is -2.31. The van der Waals surface area contributed by atoms with Crippen LogP contribution in [0.1, 0.15) is 26.7 Å². The van der Waals surface area contributed by atoms with Crippen LogP contribution in [0.25, 0.3) is 0 Å². The zero-order chi connectivity index (χ0) is 15.0. The van der Waals surface area contributed by atoms with Gasteiger partial charge in [0.1, 0.15) is 6.04 Å². The predicted molar refractivity (Wildman–Crippen MR) is 77.3 cm³/mol. The van der Waals surface area contributed by atoms with Gasteiger partial charge in [-0.2, -0.15) is 8.78 Å². The average Bonchev–Trinajstić information content (AvgIpc) is 2.40. The molecule has 1 atom stereocenters. The van der Waals surface area contributed by atoms with E-state index in [0.717, 1.165) is 6.42 Å². The largest absolute Gasteiger partial charge is 0.464 e. The summed E-state index contributed by atoms with van der Waals surface area (Å²) in [4.78, 5) is 12.3. The van der Waals surface area contributed by atoms with E-state index in [9.17, 15) is 13.6 Å². The summed E-state index contributed by atoms with van der Waals surface area (Å²) >= 11 is 0.462. The molecule has 20 heavy (non-hydrogen) atoms. The fraction of sp³-hybridized carbons (Fsp3) is 0.500. The van der Waals surface area contributed by atoms with Crippen LogP contribution in [0.5, 0.6) is 0 Å². The van der Waals surface area contributed by atoms with Crippen molar-refractivity contribution in [2.45, 2.75) is 43.4 Å². The molecule has 0 fully saturated rings. The molecule has 1 rings (SSSR count). The van der Waals surface area contributed by atoms with E-state index in [2.05, 4.69) is 5.32 Å². The third-order valence-electron chi connectivity index (χ3n) is 2.58. The Bertz CT molecular complexity index is 429. The molecule has 0 spiro atoms. The Labute approximate surface area is 122 Å². The van der Waals surface area contributed by atoms with Crippen molar-refractivity contribution in [3.05, 3.63) is 24.3 Å². The Kier molecular flexibility index (Phi) is 7.36. The van der Waals surface area contributed by atoms with Gasteiger partial charge in [0.15, 0.2) is 0 Å². The smallest absolute Gasteiger partial charge is 0.328 e. The van der Waals surface area contributed by atoms with Gasteiger partial charge in [-0.3, -0.25) is 0 Å². The highest BCUT2D eigenvalue weighted by Gasteiger charge is 2.20. The summed E-state index contributed by atoms with van der Waals surface area (Å²) in [5.74, 6) is -2.85. The Balaban J connectivity index is 2.84. The summed E-state index contributed by atoms with van der Waals surface area (Å²) in [5.41, 5.74) is 0.532. The first-order chi connectivity index (χ1) is 9.58. The van der Waals surface area contributed by atoms with Crippen molar-refractivity contribution in [3.8, 4) is 0 Å². The standard InChI is InChI=1S/C14H19F2NO2S/c1-3-7-11(13(18)19-4-2)17-10-8-5-6-9-12(10)20-14(15)16/h5-6,8-9,11,14,17H,3-4,7H2,1-2H3. The number of hydrogen-bond acceptors (Lipinski definition) is 4. The maximum Gasteiger partial charge on any atom is 0.328 e. The highest BCUT2D eigenvalue weighted by molar-refractivity contribution is 7.99. The van der Waals surface area contributed by atoms with Crippen LogP contribution in [0, 0.1) is 0 Å². The maximum atomic E-state index is 12.5. The minimum Gasteiger partial charge on any atom is -0.464 e. The molecule has 0 bridgehead atoms. The van der Waals surface area contributed by atoms with Gasteiger partial charge in [0, 0.05) is 10.6 Å². The van der Waals surface area contributed by atoms with Crippen molar-refractivity contribution < 1.29 is 18.3 Å². The summed E-state index contributed by atoms with van der Waals surface area (Å²) in [6, 6.07) is 6.21. The molecule has 0 aliphatic carbocycles. The molecule has 1 N–H and O–H groups in total. The van der Waals surface area contributed by atoms with Gasteiger partial charge >= 0.3 is 5.97 Å². The Morgan fingerprint density at radius 2 is 2.05 bits per heavy atom. The van der Waals surface area contributed by atoms with Crippen LogP contribution in [-0.2, 0) is 9.53 Å². The van der Waals surface area contributed by atoms with Crippen molar-refractivity contribution in [1.29, 1.82) is 0 Å². The first-order valence-electron chi connectivity index (χ1n) is 6.55. The van der Waals surface area contributed by atoms with Crippen LogP contribution in [0.15, 0.2) is 29.2 Å². The van der Waals surface area contributed by atoms with Gasteiger partial charge in [-0.05, 0) is 25.5 Å². The lowest BCUT2D eigenvalue weighted by atomic mass is 10.1. The molecule has 1 unspecified atom stereocenters. The van der Waals surface area contributed by atoms with Gasteiger partial charge in [-0.25, -0.2) is 4.79 Å². The van der Waals surface area contributed by atoms with Gasteiger partial charge in [0.2, 0.25) is 0 Å². The number of nitrogens with one attached hydrogen (secondary N) is 1. The number of benzene rings is 1. The van der Waals surface area contributed by atoms with Crippen LogP contribution in [0.2, 0.25) is 0 Å². The fourth-order valence-electron chi connectivity index (χ4n) is 1.75. The summed E-state index contributed by atoms with van der Waals surface area (Å²) in [5, 5.41) is 3.01. The van der Waals surface area contributed by atoms with E-state index in [1.54, 1.807) is 31.2 Å². The summed E-state index contributed by atoms with van der Waals surface area (Å²) in [6.07, 6.45) is 1.38. The Morgan fingerprint density at radius 3 is 2.65 bits per heavy atom. The van der Waals surface area contributed by atoms with Crippen molar-refractivity contribution in [2.24, 2.45) is 0 Å². The Hall–Kier alpha value is -1.30. The third-order valence-corrected chi connectivity index (χ3v) is 3.37. The van der Waals surface area contributed by atoms with E-state index < -0.39 is 11.8 Å². The molecule has 0 radical (unpaired) electrons. The molecule has 0 aliphatic heterocycles. The number of anilines is 1. The average molecular weight is 303 g/mol. The molecule has 0 heterocycles. The molecular weight excluding hydrogens is 284 g/mol. The number of esters is 1. The molecule has 3 nitrogen and oxygen atoms in total. The van der Waals surface area contributed by atoms with Crippen LogP contribution >= 0.6 is 11.8 Å². The van der Waals surface area contributed by atoms with E-state index in [-0.39, 0.29) is 5.97 Å². The molecular formula is C14H19F2NO2S. The summed E-state index contributed by atoms with van der Waals surface area (Å²) < 4.78 is 30.0. The molecule has 1 aromatic rings. The van der Waals surface area contributed by atoms with E-state index in [1.807, 2.05) is 6.92 Å². The van der Waals surface area contributed by atoms with Crippen LogP contribution < -0.4 is 5.32 Å². The van der Waals surface area contributed by atoms with Crippen molar-refractivity contribution in [1.82, 2.24) is 0 Å². The van der Waals surface area contributed by atoms with Gasteiger partial charge < -0.3 is 10.1 Å².